The zero-order valence-electron chi connectivity index (χ0n) is 11.7. The van der Waals surface area contributed by atoms with Crippen LogP contribution in [0, 0.1) is 6.92 Å². The highest BCUT2D eigenvalue weighted by molar-refractivity contribution is 6.30. The van der Waals surface area contributed by atoms with E-state index < -0.39 is 0 Å². The van der Waals surface area contributed by atoms with Crippen LogP contribution in [0.3, 0.4) is 0 Å². The number of nitrogens with zero attached hydrogens (tertiary/aromatic N) is 1. The maximum absolute atomic E-state index is 12.6. The van der Waals surface area contributed by atoms with Crippen LogP contribution in [0.25, 0.3) is 0 Å². The minimum atomic E-state index is -0.0399. The van der Waals surface area contributed by atoms with E-state index in [1.54, 1.807) is 23.1 Å². The third-order valence-electron chi connectivity index (χ3n) is 3.68. The van der Waals surface area contributed by atoms with Gasteiger partial charge in [-0.25, -0.2) is 0 Å². The van der Waals surface area contributed by atoms with Gasteiger partial charge in [0.15, 0.2) is 0 Å². The Morgan fingerprint density at radius 3 is 2.95 bits per heavy atom. The summed E-state index contributed by atoms with van der Waals surface area (Å²) in [7, 11) is 0. The molecule has 1 heterocycles. The van der Waals surface area contributed by atoms with Crippen molar-refractivity contribution in [2.45, 2.75) is 25.8 Å². The van der Waals surface area contributed by atoms with Gasteiger partial charge in [0, 0.05) is 29.7 Å². The van der Waals surface area contributed by atoms with Gasteiger partial charge in [0.05, 0.1) is 6.61 Å². The Kier molecular flexibility index (Phi) is 5.40. The topological polar surface area (TPSA) is 52.6 Å². The van der Waals surface area contributed by atoms with E-state index in [1.807, 2.05) is 6.92 Å². The van der Waals surface area contributed by atoms with Crippen molar-refractivity contribution in [1.29, 1.82) is 0 Å². The van der Waals surface area contributed by atoms with E-state index in [-0.39, 0.29) is 12.5 Å². The Morgan fingerprint density at radius 2 is 2.35 bits per heavy atom. The second-order valence-corrected chi connectivity index (χ2v) is 5.66. The van der Waals surface area contributed by atoms with Gasteiger partial charge in [-0.3, -0.25) is 4.79 Å². The Bertz CT molecular complexity index is 473. The van der Waals surface area contributed by atoms with E-state index >= 15 is 0 Å². The van der Waals surface area contributed by atoms with Gasteiger partial charge in [-0.2, -0.15) is 0 Å². The number of rotatable bonds is 5. The summed E-state index contributed by atoms with van der Waals surface area (Å²) in [6.07, 6.45) is 2.22. The van der Waals surface area contributed by atoms with Crippen molar-refractivity contribution in [3.8, 4) is 0 Å². The van der Waals surface area contributed by atoms with E-state index in [4.69, 9.17) is 11.6 Å². The molecule has 2 rings (SSSR count). The number of aliphatic hydroxyl groups is 1. The first kappa shape index (κ1) is 15.3. The van der Waals surface area contributed by atoms with Crippen molar-refractivity contribution in [2.75, 3.05) is 26.2 Å². The summed E-state index contributed by atoms with van der Waals surface area (Å²) in [5.74, 6) is -0.0399. The van der Waals surface area contributed by atoms with Crippen LogP contribution >= 0.6 is 11.6 Å². The van der Waals surface area contributed by atoms with E-state index in [0.717, 1.165) is 24.9 Å². The Labute approximate surface area is 124 Å². The second kappa shape index (κ2) is 7.07. The molecule has 0 saturated carbocycles. The summed E-state index contributed by atoms with van der Waals surface area (Å²) < 4.78 is 0. The highest BCUT2D eigenvalue weighted by Gasteiger charge is 2.23. The van der Waals surface area contributed by atoms with Crippen molar-refractivity contribution in [3.63, 3.8) is 0 Å². The monoisotopic (exact) mass is 296 g/mol. The first-order valence-electron chi connectivity index (χ1n) is 7.01. The summed E-state index contributed by atoms with van der Waals surface area (Å²) in [6, 6.07) is 5.61. The van der Waals surface area contributed by atoms with E-state index in [1.165, 1.54) is 0 Å². The molecule has 1 fully saturated rings. The van der Waals surface area contributed by atoms with Crippen LogP contribution in [-0.2, 0) is 0 Å². The Balaban J connectivity index is 2.12. The molecule has 1 amide bonds. The van der Waals surface area contributed by atoms with Crippen LogP contribution < -0.4 is 5.32 Å². The molecular weight excluding hydrogens is 276 g/mol. The lowest BCUT2D eigenvalue weighted by Gasteiger charge is -2.26. The quantitative estimate of drug-likeness (QED) is 0.872. The van der Waals surface area contributed by atoms with Crippen LogP contribution in [0.2, 0.25) is 5.02 Å². The van der Waals surface area contributed by atoms with Gasteiger partial charge < -0.3 is 15.3 Å². The molecule has 0 spiro atoms. The largest absolute Gasteiger partial charge is 0.395 e. The van der Waals surface area contributed by atoms with Gasteiger partial charge in [-0.15, -0.1) is 0 Å². The number of hydrogen-bond acceptors (Lipinski definition) is 3. The molecule has 20 heavy (non-hydrogen) atoms. The fraction of sp³-hybridized carbons (Fsp3) is 0.533. The standard InChI is InChI=1S/C15H21ClN2O2/c1-11-9-12(16)4-5-14(11)15(20)18(7-8-19)10-13-3-2-6-17-13/h4-5,9,13,17,19H,2-3,6-8,10H2,1H3. The van der Waals surface area contributed by atoms with Gasteiger partial charge in [-0.1, -0.05) is 11.6 Å². The average Bonchev–Trinajstić information content (AvgIpc) is 2.90. The van der Waals surface area contributed by atoms with Crippen LogP contribution in [0.4, 0.5) is 0 Å². The number of halogens is 1. The molecular formula is C15H21ClN2O2. The zero-order chi connectivity index (χ0) is 14.5. The maximum atomic E-state index is 12.6. The van der Waals surface area contributed by atoms with Gasteiger partial charge in [0.2, 0.25) is 0 Å². The summed E-state index contributed by atoms with van der Waals surface area (Å²) in [5.41, 5.74) is 1.52. The average molecular weight is 297 g/mol. The van der Waals surface area contributed by atoms with Crippen LogP contribution in [0.1, 0.15) is 28.8 Å². The van der Waals surface area contributed by atoms with E-state index in [9.17, 15) is 9.90 Å². The highest BCUT2D eigenvalue weighted by atomic mass is 35.5. The van der Waals surface area contributed by atoms with Crippen LogP contribution in [0.5, 0.6) is 0 Å². The van der Waals surface area contributed by atoms with Crippen molar-refractivity contribution in [3.05, 3.63) is 34.3 Å². The molecule has 1 unspecified atom stereocenters. The number of carbonyl (C=O) groups is 1. The third kappa shape index (κ3) is 3.72. The molecule has 0 aromatic heterocycles. The number of aryl methyl sites for hydroxylation is 1. The first-order chi connectivity index (χ1) is 9.61. The Hall–Kier alpha value is -1.10. The van der Waals surface area contributed by atoms with Crippen LogP contribution in [0.15, 0.2) is 18.2 Å². The molecule has 4 nitrogen and oxygen atoms in total. The minimum absolute atomic E-state index is 0.0227. The fourth-order valence-corrected chi connectivity index (χ4v) is 2.84. The molecule has 0 radical (unpaired) electrons. The SMILES string of the molecule is Cc1cc(Cl)ccc1C(=O)N(CCO)CC1CCCN1. The summed E-state index contributed by atoms with van der Waals surface area (Å²) in [5, 5.41) is 13.2. The molecule has 5 heteroatoms. The number of benzene rings is 1. The Morgan fingerprint density at radius 1 is 1.55 bits per heavy atom. The molecule has 1 saturated heterocycles. The second-order valence-electron chi connectivity index (χ2n) is 5.23. The molecule has 0 aliphatic carbocycles. The minimum Gasteiger partial charge on any atom is -0.395 e. The first-order valence-corrected chi connectivity index (χ1v) is 7.39. The van der Waals surface area contributed by atoms with Gasteiger partial charge in [0.1, 0.15) is 0 Å². The van der Waals surface area contributed by atoms with Gasteiger partial charge in [0.25, 0.3) is 5.91 Å². The molecule has 110 valence electrons. The smallest absolute Gasteiger partial charge is 0.254 e. The summed E-state index contributed by atoms with van der Waals surface area (Å²) in [4.78, 5) is 14.3. The van der Waals surface area contributed by atoms with Gasteiger partial charge >= 0.3 is 0 Å². The lowest BCUT2D eigenvalue weighted by Crippen LogP contribution is -2.42. The third-order valence-corrected chi connectivity index (χ3v) is 3.91. The normalized spacial score (nSPS) is 18.2. The van der Waals surface area contributed by atoms with Crippen molar-refractivity contribution in [1.82, 2.24) is 10.2 Å². The van der Waals surface area contributed by atoms with Gasteiger partial charge in [-0.05, 0) is 50.1 Å². The molecule has 1 aromatic carbocycles. The molecule has 1 aromatic rings. The predicted molar refractivity (Wildman–Crippen MR) is 80.2 cm³/mol. The van der Waals surface area contributed by atoms with Crippen molar-refractivity contribution in [2.24, 2.45) is 0 Å². The highest BCUT2D eigenvalue weighted by Crippen LogP contribution is 2.18. The number of nitrogens with one attached hydrogen (secondary N) is 1. The molecule has 1 atom stereocenters. The molecule has 0 bridgehead atoms. The molecule has 1 aliphatic heterocycles. The zero-order valence-corrected chi connectivity index (χ0v) is 12.5. The number of amides is 1. The predicted octanol–water partition coefficient (Wildman–Crippen LogP) is 1.83. The molecule has 1 aliphatic rings. The van der Waals surface area contributed by atoms with E-state index in [2.05, 4.69) is 5.32 Å². The fourth-order valence-electron chi connectivity index (χ4n) is 2.61. The van der Waals surface area contributed by atoms with E-state index in [0.29, 0.717) is 29.7 Å². The number of aliphatic hydroxyl groups excluding tert-OH is 1. The van der Waals surface area contributed by atoms with Crippen molar-refractivity contribution < 1.29 is 9.90 Å². The molecule has 2 N–H and O–H groups in total. The summed E-state index contributed by atoms with van der Waals surface area (Å²) >= 11 is 5.92. The maximum Gasteiger partial charge on any atom is 0.254 e. The number of hydrogen-bond donors (Lipinski definition) is 2. The number of carbonyl (C=O) groups excluding carboxylic acids is 1. The lowest BCUT2D eigenvalue weighted by molar-refractivity contribution is 0.0706. The van der Waals surface area contributed by atoms with Crippen molar-refractivity contribution >= 4 is 17.5 Å². The lowest BCUT2D eigenvalue weighted by atomic mass is 10.1. The van der Waals surface area contributed by atoms with Crippen LogP contribution in [-0.4, -0.2) is 48.2 Å². The summed E-state index contributed by atoms with van der Waals surface area (Å²) in [6.45, 7) is 3.86.